The summed E-state index contributed by atoms with van der Waals surface area (Å²) < 4.78 is 6.92. The zero-order valence-corrected chi connectivity index (χ0v) is 11.1. The average molecular weight is 274 g/mol. The van der Waals surface area contributed by atoms with Gasteiger partial charge in [0.15, 0.2) is 5.65 Å². The minimum absolute atomic E-state index is 0.247. The summed E-state index contributed by atoms with van der Waals surface area (Å²) in [7, 11) is 1.69. The molecule has 0 radical (unpaired) electrons. The number of hydrogen-bond acceptors (Lipinski definition) is 3. The molecule has 19 heavy (non-hydrogen) atoms. The highest BCUT2D eigenvalue weighted by Crippen LogP contribution is 2.27. The largest absolute Gasteiger partial charge is 0.380 e. The molecular formula is C14H12ClN3O. The van der Waals surface area contributed by atoms with E-state index in [0.29, 0.717) is 6.61 Å². The summed E-state index contributed by atoms with van der Waals surface area (Å²) >= 11 is 5.88. The molecule has 0 aliphatic heterocycles. The summed E-state index contributed by atoms with van der Waals surface area (Å²) in [5.41, 5.74) is 3.93. The van der Waals surface area contributed by atoms with Crippen molar-refractivity contribution in [3.8, 4) is 11.1 Å². The number of benzene rings is 1. The molecule has 4 nitrogen and oxygen atoms in total. The topological polar surface area (TPSA) is 39.4 Å². The van der Waals surface area contributed by atoms with Crippen molar-refractivity contribution < 1.29 is 4.74 Å². The predicted octanol–water partition coefficient (Wildman–Crippen LogP) is 3.20. The second-order valence-corrected chi connectivity index (χ2v) is 4.50. The van der Waals surface area contributed by atoms with Gasteiger partial charge in [0.05, 0.1) is 6.61 Å². The molecule has 0 saturated heterocycles. The van der Waals surface area contributed by atoms with Crippen LogP contribution in [0.5, 0.6) is 0 Å². The van der Waals surface area contributed by atoms with Gasteiger partial charge in [-0.1, -0.05) is 24.3 Å². The Morgan fingerprint density at radius 1 is 1.16 bits per heavy atom. The van der Waals surface area contributed by atoms with Crippen molar-refractivity contribution in [3.63, 3.8) is 0 Å². The maximum atomic E-state index is 5.88. The van der Waals surface area contributed by atoms with Crippen LogP contribution in [-0.2, 0) is 11.3 Å². The first-order valence-corrected chi connectivity index (χ1v) is 6.25. The Labute approximate surface area is 115 Å². The van der Waals surface area contributed by atoms with Crippen molar-refractivity contribution in [2.24, 2.45) is 0 Å². The van der Waals surface area contributed by atoms with E-state index in [1.54, 1.807) is 11.6 Å². The minimum atomic E-state index is 0.247. The number of nitrogens with zero attached hydrogens (tertiary/aromatic N) is 3. The smallest absolute Gasteiger partial charge is 0.243 e. The number of ether oxygens (including phenoxy) is 1. The van der Waals surface area contributed by atoms with Gasteiger partial charge in [0.1, 0.15) is 0 Å². The molecule has 0 spiro atoms. The third-order valence-electron chi connectivity index (χ3n) is 2.94. The van der Waals surface area contributed by atoms with Crippen LogP contribution in [0.25, 0.3) is 16.8 Å². The highest BCUT2D eigenvalue weighted by Gasteiger charge is 2.11. The molecule has 3 aromatic rings. The molecule has 0 aliphatic rings. The molecule has 2 aromatic heterocycles. The number of hydrogen-bond donors (Lipinski definition) is 0. The van der Waals surface area contributed by atoms with Gasteiger partial charge in [-0.3, -0.25) is 0 Å². The van der Waals surface area contributed by atoms with Gasteiger partial charge in [0, 0.05) is 18.9 Å². The zero-order chi connectivity index (χ0) is 13.2. The Kier molecular flexibility index (Phi) is 3.19. The summed E-state index contributed by atoms with van der Waals surface area (Å²) in [5, 5.41) is 4.36. The van der Waals surface area contributed by atoms with E-state index in [9.17, 15) is 0 Å². The zero-order valence-electron chi connectivity index (χ0n) is 10.4. The van der Waals surface area contributed by atoms with Crippen molar-refractivity contribution in [2.75, 3.05) is 7.11 Å². The van der Waals surface area contributed by atoms with Crippen molar-refractivity contribution in [2.45, 2.75) is 6.61 Å². The van der Waals surface area contributed by atoms with E-state index in [1.165, 1.54) is 0 Å². The van der Waals surface area contributed by atoms with Gasteiger partial charge < -0.3 is 4.74 Å². The number of aromatic nitrogens is 3. The second-order valence-electron chi connectivity index (χ2n) is 4.16. The molecule has 2 heterocycles. The van der Waals surface area contributed by atoms with Gasteiger partial charge >= 0.3 is 0 Å². The second kappa shape index (κ2) is 4.99. The normalized spacial score (nSPS) is 11.1. The van der Waals surface area contributed by atoms with E-state index in [-0.39, 0.29) is 5.28 Å². The number of fused-ring (bicyclic) bond motifs is 1. The lowest BCUT2D eigenvalue weighted by atomic mass is 10.0. The highest BCUT2D eigenvalue weighted by molar-refractivity contribution is 6.28. The number of methoxy groups -OCH3 is 1. The molecule has 5 heteroatoms. The summed E-state index contributed by atoms with van der Waals surface area (Å²) in [5.74, 6) is 0. The first-order chi connectivity index (χ1) is 9.29. The van der Waals surface area contributed by atoms with E-state index in [0.717, 1.165) is 22.3 Å². The Bertz CT molecular complexity index is 724. The van der Waals surface area contributed by atoms with Crippen LogP contribution < -0.4 is 0 Å². The first-order valence-electron chi connectivity index (χ1n) is 5.87. The fraction of sp³-hybridized carbons (Fsp3) is 0.143. The summed E-state index contributed by atoms with van der Waals surface area (Å²) in [6, 6.07) is 12.0. The van der Waals surface area contributed by atoms with Crippen molar-refractivity contribution in [1.82, 2.24) is 14.6 Å². The highest BCUT2D eigenvalue weighted by atomic mass is 35.5. The molecular weight excluding hydrogens is 262 g/mol. The lowest BCUT2D eigenvalue weighted by molar-refractivity contribution is 0.185. The van der Waals surface area contributed by atoms with Crippen LogP contribution in [0, 0.1) is 0 Å². The fourth-order valence-electron chi connectivity index (χ4n) is 2.15. The average Bonchev–Trinajstić information content (AvgIpc) is 2.80. The molecule has 0 bridgehead atoms. The van der Waals surface area contributed by atoms with Gasteiger partial charge in [-0.15, -0.1) is 5.10 Å². The standard InChI is InChI=1S/C14H12ClN3O/c1-19-9-10-5-2-3-6-11(10)12-7-4-8-18-13(12)16-14(15)17-18/h2-8H,9H2,1H3. The maximum Gasteiger partial charge on any atom is 0.243 e. The number of halogens is 1. The molecule has 0 amide bonds. The Morgan fingerprint density at radius 2 is 1.95 bits per heavy atom. The van der Waals surface area contributed by atoms with Crippen LogP contribution in [0.3, 0.4) is 0 Å². The van der Waals surface area contributed by atoms with Gasteiger partial charge in [0.25, 0.3) is 0 Å². The lowest BCUT2D eigenvalue weighted by Gasteiger charge is -2.09. The minimum Gasteiger partial charge on any atom is -0.380 e. The molecule has 0 atom stereocenters. The van der Waals surface area contributed by atoms with Crippen LogP contribution in [0.1, 0.15) is 5.56 Å². The Morgan fingerprint density at radius 3 is 2.79 bits per heavy atom. The first kappa shape index (κ1) is 12.1. The maximum absolute atomic E-state index is 5.88. The number of rotatable bonds is 3. The van der Waals surface area contributed by atoms with Crippen LogP contribution in [-0.4, -0.2) is 21.7 Å². The van der Waals surface area contributed by atoms with Crippen LogP contribution in [0.15, 0.2) is 42.6 Å². The third-order valence-corrected chi connectivity index (χ3v) is 3.10. The van der Waals surface area contributed by atoms with E-state index >= 15 is 0 Å². The van der Waals surface area contributed by atoms with Crippen LogP contribution in [0.4, 0.5) is 0 Å². The summed E-state index contributed by atoms with van der Waals surface area (Å²) in [6.45, 7) is 0.555. The van der Waals surface area contributed by atoms with Gasteiger partial charge in [-0.2, -0.15) is 4.98 Å². The van der Waals surface area contributed by atoms with Gasteiger partial charge in [0.2, 0.25) is 5.28 Å². The monoisotopic (exact) mass is 273 g/mol. The van der Waals surface area contributed by atoms with Gasteiger partial charge in [-0.25, -0.2) is 4.52 Å². The molecule has 96 valence electrons. The van der Waals surface area contributed by atoms with Crippen molar-refractivity contribution in [3.05, 3.63) is 53.4 Å². The fourth-order valence-corrected chi connectivity index (χ4v) is 2.32. The van der Waals surface area contributed by atoms with Gasteiger partial charge in [-0.05, 0) is 34.9 Å². The molecule has 1 aromatic carbocycles. The molecule has 0 aliphatic carbocycles. The molecule has 0 unspecified atom stereocenters. The van der Waals surface area contributed by atoms with E-state index in [2.05, 4.69) is 10.1 Å². The molecule has 0 N–H and O–H groups in total. The van der Waals surface area contributed by atoms with E-state index in [4.69, 9.17) is 16.3 Å². The molecule has 0 saturated carbocycles. The summed E-state index contributed by atoms with van der Waals surface area (Å²) in [4.78, 5) is 4.27. The molecule has 3 rings (SSSR count). The molecule has 0 fully saturated rings. The third kappa shape index (κ3) is 2.20. The number of pyridine rings is 1. The predicted molar refractivity (Wildman–Crippen MR) is 74.1 cm³/mol. The Balaban J connectivity index is 2.24. The van der Waals surface area contributed by atoms with Crippen molar-refractivity contribution in [1.29, 1.82) is 0 Å². The van der Waals surface area contributed by atoms with E-state index in [1.807, 2.05) is 42.6 Å². The van der Waals surface area contributed by atoms with Crippen LogP contribution in [0.2, 0.25) is 5.28 Å². The SMILES string of the molecule is COCc1ccccc1-c1cccn2nc(Cl)nc12. The quantitative estimate of drug-likeness (QED) is 0.736. The van der Waals surface area contributed by atoms with E-state index < -0.39 is 0 Å². The Hall–Kier alpha value is -1.91. The van der Waals surface area contributed by atoms with Crippen LogP contribution >= 0.6 is 11.6 Å². The lowest BCUT2D eigenvalue weighted by Crippen LogP contribution is -1.95. The summed E-state index contributed by atoms with van der Waals surface area (Å²) in [6.07, 6.45) is 1.83. The van der Waals surface area contributed by atoms with Crippen molar-refractivity contribution >= 4 is 17.2 Å².